The minimum Gasteiger partial charge on any atom is -0.480 e. The summed E-state index contributed by atoms with van der Waals surface area (Å²) in [6, 6.07) is 5.52. The number of amides is 1. The van der Waals surface area contributed by atoms with Crippen LogP contribution in [0.5, 0.6) is 0 Å². The molecule has 8 nitrogen and oxygen atoms in total. The lowest BCUT2D eigenvalue weighted by molar-refractivity contribution is -0.139. The van der Waals surface area contributed by atoms with E-state index in [-0.39, 0.29) is 24.5 Å². The molecular formula is C18H22N4O4. The molecule has 2 aromatic rings. The van der Waals surface area contributed by atoms with Crippen molar-refractivity contribution in [3.8, 4) is 11.5 Å². The minimum absolute atomic E-state index is 0.0618. The molecule has 0 saturated heterocycles. The second-order valence-electron chi connectivity index (χ2n) is 7.21. The van der Waals surface area contributed by atoms with Gasteiger partial charge in [-0.1, -0.05) is 0 Å². The van der Waals surface area contributed by atoms with Crippen molar-refractivity contribution < 1.29 is 19.1 Å². The van der Waals surface area contributed by atoms with Crippen LogP contribution in [0.2, 0.25) is 0 Å². The summed E-state index contributed by atoms with van der Waals surface area (Å²) in [7, 11) is 0. The second kappa shape index (κ2) is 6.95. The molecule has 138 valence electrons. The summed E-state index contributed by atoms with van der Waals surface area (Å²) in [6.07, 6.45) is 5.51. The van der Waals surface area contributed by atoms with Crippen molar-refractivity contribution in [2.24, 2.45) is 5.92 Å². The summed E-state index contributed by atoms with van der Waals surface area (Å²) >= 11 is 0. The fourth-order valence-electron chi connectivity index (χ4n) is 3.41. The Morgan fingerprint density at radius 1 is 1.38 bits per heavy atom. The lowest BCUT2D eigenvalue weighted by Crippen LogP contribution is -2.55. The van der Waals surface area contributed by atoms with E-state index in [2.05, 4.69) is 15.5 Å². The van der Waals surface area contributed by atoms with Crippen LogP contribution in [0.4, 0.5) is 0 Å². The molecule has 0 atom stereocenters. The van der Waals surface area contributed by atoms with Gasteiger partial charge in [0.05, 0.1) is 12.8 Å². The highest BCUT2D eigenvalue weighted by atomic mass is 16.4. The molecule has 0 bridgehead atoms. The lowest BCUT2D eigenvalue weighted by atomic mass is 9.85. The van der Waals surface area contributed by atoms with Gasteiger partial charge < -0.3 is 14.8 Å². The van der Waals surface area contributed by atoms with Crippen LogP contribution in [0, 0.1) is 5.92 Å². The van der Waals surface area contributed by atoms with Gasteiger partial charge >= 0.3 is 5.97 Å². The van der Waals surface area contributed by atoms with Gasteiger partial charge in [-0.05, 0) is 43.7 Å². The number of hydrogen-bond acceptors (Lipinski definition) is 5. The van der Waals surface area contributed by atoms with Gasteiger partial charge in [-0.25, -0.2) is 0 Å². The van der Waals surface area contributed by atoms with Crippen LogP contribution >= 0.6 is 0 Å². The van der Waals surface area contributed by atoms with Crippen LogP contribution in [-0.2, 0) is 4.79 Å². The number of aliphatic carboxylic acids is 1. The molecule has 0 aliphatic heterocycles. The Balaban J connectivity index is 1.29. The first kappa shape index (κ1) is 16.8. The topological polar surface area (TPSA) is 111 Å². The fourth-order valence-corrected chi connectivity index (χ4v) is 3.41. The Bertz CT molecular complexity index is 775. The van der Waals surface area contributed by atoms with E-state index >= 15 is 0 Å². The largest absolute Gasteiger partial charge is 0.480 e. The number of hydrogen-bond donors (Lipinski definition) is 3. The van der Waals surface area contributed by atoms with Gasteiger partial charge in [0.25, 0.3) is 5.91 Å². The maximum Gasteiger partial charge on any atom is 0.317 e. The van der Waals surface area contributed by atoms with Crippen molar-refractivity contribution in [1.29, 1.82) is 0 Å². The average molecular weight is 358 g/mol. The molecule has 3 N–H and O–H groups in total. The lowest BCUT2D eigenvalue weighted by Gasteiger charge is -2.42. The third kappa shape index (κ3) is 3.80. The molecule has 2 heterocycles. The standard InChI is InChI=1S/C18H22N4O4/c23-17(24)10-22(9-11-3-4-11)13-6-12(7-13)19-18(25)15-8-14(20-21-15)16-2-1-5-26-16/h1-2,5,8,11-13H,3-4,6-7,9-10H2,(H,19,25)(H,20,21)(H,23,24). The van der Waals surface area contributed by atoms with E-state index in [4.69, 9.17) is 9.52 Å². The maximum absolute atomic E-state index is 12.3. The van der Waals surface area contributed by atoms with Gasteiger partial charge in [0.15, 0.2) is 11.5 Å². The highest BCUT2D eigenvalue weighted by Gasteiger charge is 2.38. The van der Waals surface area contributed by atoms with E-state index in [0.29, 0.717) is 23.1 Å². The number of carbonyl (C=O) groups excluding carboxylic acids is 1. The molecule has 2 aliphatic carbocycles. The number of carboxylic acids is 1. The molecule has 1 amide bonds. The maximum atomic E-state index is 12.3. The van der Waals surface area contributed by atoms with Gasteiger partial charge in [-0.2, -0.15) is 5.10 Å². The number of aromatic nitrogens is 2. The molecule has 0 aromatic carbocycles. The Morgan fingerprint density at radius 3 is 2.85 bits per heavy atom. The van der Waals surface area contributed by atoms with Crippen LogP contribution in [0.15, 0.2) is 28.9 Å². The number of carboxylic acid groups (broad SMARTS) is 1. The highest BCUT2D eigenvalue weighted by molar-refractivity contribution is 5.93. The number of furan rings is 1. The van der Waals surface area contributed by atoms with Crippen LogP contribution in [0.3, 0.4) is 0 Å². The molecule has 0 radical (unpaired) electrons. The molecule has 2 aliphatic rings. The third-order valence-corrected chi connectivity index (χ3v) is 5.09. The van der Waals surface area contributed by atoms with Crippen molar-refractivity contribution in [2.45, 2.75) is 37.8 Å². The predicted molar refractivity (Wildman–Crippen MR) is 92.5 cm³/mol. The third-order valence-electron chi connectivity index (χ3n) is 5.09. The van der Waals surface area contributed by atoms with Gasteiger partial charge in [0.2, 0.25) is 0 Å². The molecule has 2 aromatic heterocycles. The average Bonchev–Trinajstić information content (AvgIpc) is 3.03. The van der Waals surface area contributed by atoms with E-state index < -0.39 is 5.97 Å². The number of carbonyl (C=O) groups is 2. The van der Waals surface area contributed by atoms with E-state index in [1.807, 2.05) is 4.90 Å². The zero-order chi connectivity index (χ0) is 18.1. The van der Waals surface area contributed by atoms with Crippen LogP contribution in [0.1, 0.15) is 36.2 Å². The number of nitrogens with one attached hydrogen (secondary N) is 2. The molecule has 4 rings (SSSR count). The van der Waals surface area contributed by atoms with Crippen molar-refractivity contribution in [2.75, 3.05) is 13.1 Å². The van der Waals surface area contributed by atoms with E-state index in [1.54, 1.807) is 24.5 Å². The number of H-pyrrole nitrogens is 1. The van der Waals surface area contributed by atoms with E-state index in [1.165, 1.54) is 12.8 Å². The minimum atomic E-state index is -0.792. The number of nitrogens with zero attached hydrogens (tertiary/aromatic N) is 2. The SMILES string of the molecule is O=C(O)CN(CC1CC1)C1CC(NC(=O)c2cc(-c3ccco3)[nH]n2)C1. The monoisotopic (exact) mass is 358 g/mol. The van der Waals surface area contributed by atoms with Gasteiger partial charge in [0, 0.05) is 24.7 Å². The molecule has 0 spiro atoms. The summed E-state index contributed by atoms with van der Waals surface area (Å²) in [5.41, 5.74) is 0.976. The zero-order valence-corrected chi connectivity index (χ0v) is 14.4. The van der Waals surface area contributed by atoms with Crippen LogP contribution in [-0.4, -0.2) is 57.3 Å². The predicted octanol–water partition coefficient (Wildman–Crippen LogP) is 1.73. The Labute approximate surface area is 150 Å². The van der Waals surface area contributed by atoms with E-state index in [0.717, 1.165) is 19.4 Å². The molecule has 26 heavy (non-hydrogen) atoms. The summed E-state index contributed by atoms with van der Waals surface area (Å²) < 4.78 is 5.28. The normalized spacial score (nSPS) is 22.2. The number of aromatic amines is 1. The van der Waals surface area contributed by atoms with Gasteiger partial charge in [-0.3, -0.25) is 19.6 Å². The van der Waals surface area contributed by atoms with Crippen molar-refractivity contribution in [3.05, 3.63) is 30.2 Å². The molecule has 2 fully saturated rings. The van der Waals surface area contributed by atoms with Gasteiger partial charge in [0.1, 0.15) is 5.69 Å². The highest BCUT2D eigenvalue weighted by Crippen LogP contribution is 2.33. The molecule has 2 saturated carbocycles. The first-order valence-electron chi connectivity index (χ1n) is 8.94. The summed E-state index contributed by atoms with van der Waals surface area (Å²) in [6.45, 7) is 0.928. The zero-order valence-electron chi connectivity index (χ0n) is 14.4. The Hall–Kier alpha value is -2.61. The quantitative estimate of drug-likeness (QED) is 0.663. The first-order valence-corrected chi connectivity index (χ1v) is 8.94. The summed E-state index contributed by atoms with van der Waals surface area (Å²) in [4.78, 5) is 25.5. The molecular weight excluding hydrogens is 336 g/mol. The second-order valence-corrected chi connectivity index (χ2v) is 7.21. The van der Waals surface area contributed by atoms with Crippen LogP contribution < -0.4 is 5.32 Å². The Kier molecular flexibility index (Phi) is 4.50. The van der Waals surface area contributed by atoms with Crippen LogP contribution in [0.25, 0.3) is 11.5 Å². The number of rotatable bonds is 8. The van der Waals surface area contributed by atoms with Crippen molar-refractivity contribution in [3.63, 3.8) is 0 Å². The van der Waals surface area contributed by atoms with E-state index in [9.17, 15) is 9.59 Å². The first-order chi connectivity index (χ1) is 12.6. The van der Waals surface area contributed by atoms with Crippen molar-refractivity contribution in [1.82, 2.24) is 20.4 Å². The fraction of sp³-hybridized carbons (Fsp3) is 0.500. The smallest absolute Gasteiger partial charge is 0.317 e. The molecule has 0 unspecified atom stereocenters. The molecule has 8 heteroatoms. The van der Waals surface area contributed by atoms with Crippen molar-refractivity contribution >= 4 is 11.9 Å². The summed E-state index contributed by atoms with van der Waals surface area (Å²) in [5.74, 6) is 0.256. The summed E-state index contributed by atoms with van der Waals surface area (Å²) in [5, 5.41) is 18.9. The van der Waals surface area contributed by atoms with Gasteiger partial charge in [-0.15, -0.1) is 0 Å². The Morgan fingerprint density at radius 2 is 2.19 bits per heavy atom.